The first-order chi connectivity index (χ1) is 9.13. The molecule has 1 atom stereocenters. The van der Waals surface area contributed by atoms with Gasteiger partial charge in [-0.25, -0.2) is 4.79 Å². The van der Waals surface area contributed by atoms with Crippen molar-refractivity contribution in [1.82, 2.24) is 4.90 Å². The van der Waals surface area contributed by atoms with Crippen molar-refractivity contribution < 1.29 is 14.7 Å². The van der Waals surface area contributed by atoms with E-state index in [1.54, 1.807) is 24.3 Å². The lowest BCUT2D eigenvalue weighted by atomic mass is 10.0. The van der Waals surface area contributed by atoms with Crippen LogP contribution in [0.2, 0.25) is 0 Å². The Kier molecular flexibility index (Phi) is 4.16. The van der Waals surface area contributed by atoms with Crippen LogP contribution >= 0.6 is 0 Å². The second kappa shape index (κ2) is 5.84. The molecule has 1 fully saturated rings. The quantitative estimate of drug-likeness (QED) is 0.858. The molecular formula is C14H18N2O3. The Bertz CT molecular complexity index is 470. The van der Waals surface area contributed by atoms with Gasteiger partial charge >= 0.3 is 5.97 Å². The lowest BCUT2D eigenvalue weighted by molar-refractivity contribution is -0.143. The molecule has 5 heteroatoms. The van der Waals surface area contributed by atoms with E-state index in [1.165, 1.54) is 4.90 Å². The fourth-order valence-electron chi connectivity index (χ4n) is 2.38. The Morgan fingerprint density at radius 3 is 2.53 bits per heavy atom. The van der Waals surface area contributed by atoms with E-state index in [0.717, 1.165) is 18.4 Å². The zero-order chi connectivity index (χ0) is 13.8. The smallest absolute Gasteiger partial charge is 0.326 e. The van der Waals surface area contributed by atoms with Crippen LogP contribution in [0, 0.1) is 0 Å². The summed E-state index contributed by atoms with van der Waals surface area (Å²) < 4.78 is 0. The highest BCUT2D eigenvalue weighted by Gasteiger charge is 2.32. The lowest BCUT2D eigenvalue weighted by Gasteiger charge is -2.33. The van der Waals surface area contributed by atoms with E-state index in [-0.39, 0.29) is 5.91 Å². The molecule has 0 radical (unpaired) electrons. The van der Waals surface area contributed by atoms with Crippen LogP contribution in [0.5, 0.6) is 0 Å². The van der Waals surface area contributed by atoms with Gasteiger partial charge in [0.15, 0.2) is 0 Å². The first-order valence-electron chi connectivity index (χ1n) is 6.46. The molecule has 1 aliphatic heterocycles. The third kappa shape index (κ3) is 2.93. The predicted molar refractivity (Wildman–Crippen MR) is 70.6 cm³/mol. The number of aliphatic carboxylic acids is 1. The lowest BCUT2D eigenvalue weighted by Crippen LogP contribution is -2.47. The molecule has 1 aliphatic rings. The van der Waals surface area contributed by atoms with Gasteiger partial charge in [-0.05, 0) is 37.0 Å². The monoisotopic (exact) mass is 262 g/mol. The summed E-state index contributed by atoms with van der Waals surface area (Å²) in [5.74, 6) is -1.14. The van der Waals surface area contributed by atoms with Crippen LogP contribution in [0.25, 0.3) is 0 Å². The Hall–Kier alpha value is -1.88. The van der Waals surface area contributed by atoms with E-state index >= 15 is 0 Å². The molecule has 1 heterocycles. The zero-order valence-corrected chi connectivity index (χ0v) is 10.7. The summed E-state index contributed by atoms with van der Waals surface area (Å²) in [4.78, 5) is 25.0. The number of hydrogen-bond donors (Lipinski definition) is 2. The number of nitrogens with two attached hydrogens (primary N) is 1. The average Bonchev–Trinajstić information content (AvgIpc) is 2.46. The topological polar surface area (TPSA) is 83.6 Å². The molecular weight excluding hydrogens is 244 g/mol. The van der Waals surface area contributed by atoms with Gasteiger partial charge in [0.05, 0.1) is 0 Å². The van der Waals surface area contributed by atoms with E-state index in [2.05, 4.69) is 0 Å². The third-order valence-corrected chi connectivity index (χ3v) is 3.49. The number of benzene rings is 1. The summed E-state index contributed by atoms with van der Waals surface area (Å²) >= 11 is 0. The maximum absolute atomic E-state index is 12.3. The molecule has 0 aromatic heterocycles. The minimum atomic E-state index is -0.924. The highest BCUT2D eigenvalue weighted by atomic mass is 16.4. The van der Waals surface area contributed by atoms with Crippen molar-refractivity contribution in [3.8, 4) is 0 Å². The zero-order valence-electron chi connectivity index (χ0n) is 10.7. The third-order valence-electron chi connectivity index (χ3n) is 3.49. The number of carbonyl (C=O) groups excluding carboxylic acids is 1. The molecule has 102 valence electrons. The maximum atomic E-state index is 12.3. The van der Waals surface area contributed by atoms with Gasteiger partial charge in [-0.3, -0.25) is 4.79 Å². The Morgan fingerprint density at radius 1 is 1.26 bits per heavy atom. The van der Waals surface area contributed by atoms with E-state index in [0.29, 0.717) is 25.1 Å². The number of carbonyl (C=O) groups is 2. The minimum absolute atomic E-state index is 0.212. The van der Waals surface area contributed by atoms with Gasteiger partial charge in [-0.2, -0.15) is 0 Å². The fourth-order valence-corrected chi connectivity index (χ4v) is 2.38. The van der Waals surface area contributed by atoms with Gasteiger partial charge in [-0.1, -0.05) is 12.1 Å². The SMILES string of the molecule is NCc1ccc(C(=O)N2CCCCC2C(=O)O)cc1. The van der Waals surface area contributed by atoms with Crippen molar-refractivity contribution in [3.63, 3.8) is 0 Å². The summed E-state index contributed by atoms with van der Waals surface area (Å²) in [6, 6.07) is 6.31. The van der Waals surface area contributed by atoms with E-state index in [1.807, 2.05) is 0 Å². The number of amides is 1. The second-order valence-corrected chi connectivity index (χ2v) is 4.75. The molecule has 2 rings (SSSR count). The van der Waals surface area contributed by atoms with Crippen LogP contribution in [-0.4, -0.2) is 34.5 Å². The molecule has 3 N–H and O–H groups in total. The number of rotatable bonds is 3. The van der Waals surface area contributed by atoms with Crippen molar-refractivity contribution in [1.29, 1.82) is 0 Å². The van der Waals surface area contributed by atoms with Gasteiger partial charge < -0.3 is 15.7 Å². The van der Waals surface area contributed by atoms with Gasteiger partial charge in [0.25, 0.3) is 5.91 Å². The van der Waals surface area contributed by atoms with Crippen LogP contribution in [0.15, 0.2) is 24.3 Å². The van der Waals surface area contributed by atoms with Gasteiger partial charge in [0, 0.05) is 18.7 Å². The van der Waals surface area contributed by atoms with Crippen LogP contribution in [0.1, 0.15) is 35.2 Å². The molecule has 5 nitrogen and oxygen atoms in total. The first-order valence-corrected chi connectivity index (χ1v) is 6.46. The summed E-state index contributed by atoms with van der Waals surface area (Å²) in [6.07, 6.45) is 2.24. The molecule has 0 bridgehead atoms. The fraction of sp³-hybridized carbons (Fsp3) is 0.429. The largest absolute Gasteiger partial charge is 0.480 e. The number of likely N-dealkylation sites (tertiary alicyclic amines) is 1. The molecule has 0 saturated carbocycles. The van der Waals surface area contributed by atoms with E-state index in [4.69, 9.17) is 5.73 Å². The van der Waals surface area contributed by atoms with Gasteiger partial charge in [0.1, 0.15) is 6.04 Å². The molecule has 1 aromatic carbocycles. The molecule has 1 aromatic rings. The van der Waals surface area contributed by atoms with Crippen LogP contribution in [0.4, 0.5) is 0 Å². The Labute approximate surface area is 112 Å². The van der Waals surface area contributed by atoms with Crippen molar-refractivity contribution in [2.75, 3.05) is 6.54 Å². The maximum Gasteiger partial charge on any atom is 0.326 e. The van der Waals surface area contributed by atoms with Crippen molar-refractivity contribution in [3.05, 3.63) is 35.4 Å². The molecule has 1 saturated heterocycles. The highest BCUT2D eigenvalue weighted by molar-refractivity contribution is 5.96. The number of piperidine rings is 1. The van der Waals surface area contributed by atoms with Crippen LogP contribution < -0.4 is 5.73 Å². The van der Waals surface area contributed by atoms with Crippen molar-refractivity contribution in [2.45, 2.75) is 31.8 Å². The molecule has 1 amide bonds. The summed E-state index contributed by atoms with van der Waals surface area (Å²) in [6.45, 7) is 0.935. The average molecular weight is 262 g/mol. The van der Waals surface area contributed by atoms with Crippen molar-refractivity contribution in [2.24, 2.45) is 5.73 Å². The molecule has 19 heavy (non-hydrogen) atoms. The van der Waals surface area contributed by atoms with Gasteiger partial charge in [-0.15, -0.1) is 0 Å². The van der Waals surface area contributed by atoms with E-state index < -0.39 is 12.0 Å². The predicted octanol–water partition coefficient (Wildman–Crippen LogP) is 1.22. The normalized spacial score (nSPS) is 19.2. The number of carboxylic acid groups (broad SMARTS) is 1. The number of hydrogen-bond acceptors (Lipinski definition) is 3. The summed E-state index contributed by atoms with van der Waals surface area (Å²) in [5, 5.41) is 9.18. The standard InChI is InChI=1S/C14H18N2O3/c15-9-10-4-6-11(7-5-10)13(17)16-8-2-1-3-12(16)14(18)19/h4-7,12H,1-3,8-9,15H2,(H,18,19). The molecule has 1 unspecified atom stereocenters. The number of nitrogens with zero attached hydrogens (tertiary/aromatic N) is 1. The summed E-state index contributed by atoms with van der Waals surface area (Å²) in [7, 11) is 0. The van der Waals surface area contributed by atoms with Crippen LogP contribution in [0.3, 0.4) is 0 Å². The minimum Gasteiger partial charge on any atom is -0.480 e. The highest BCUT2D eigenvalue weighted by Crippen LogP contribution is 2.20. The number of carboxylic acids is 1. The Balaban J connectivity index is 2.18. The molecule has 0 aliphatic carbocycles. The van der Waals surface area contributed by atoms with Crippen LogP contribution in [-0.2, 0) is 11.3 Å². The Morgan fingerprint density at radius 2 is 1.95 bits per heavy atom. The van der Waals surface area contributed by atoms with E-state index in [9.17, 15) is 14.7 Å². The van der Waals surface area contributed by atoms with Crippen molar-refractivity contribution >= 4 is 11.9 Å². The van der Waals surface area contributed by atoms with Gasteiger partial charge in [0.2, 0.25) is 0 Å². The molecule has 0 spiro atoms. The second-order valence-electron chi connectivity index (χ2n) is 4.75. The first kappa shape index (κ1) is 13.5. The summed E-state index contributed by atoms with van der Waals surface area (Å²) in [5.41, 5.74) is 6.98.